The van der Waals surface area contributed by atoms with Crippen LogP contribution >= 0.6 is 11.3 Å². The van der Waals surface area contributed by atoms with E-state index in [0.717, 1.165) is 19.3 Å². The van der Waals surface area contributed by atoms with Crippen molar-refractivity contribution in [3.63, 3.8) is 0 Å². The maximum absolute atomic E-state index is 9.31. The lowest BCUT2D eigenvalue weighted by atomic mass is 10.1. The van der Waals surface area contributed by atoms with E-state index in [0.29, 0.717) is 0 Å². The predicted octanol–water partition coefficient (Wildman–Crippen LogP) is 2.68. The van der Waals surface area contributed by atoms with Crippen LogP contribution in [0.5, 0.6) is 0 Å². The normalized spacial score (nSPS) is 22.0. The van der Waals surface area contributed by atoms with Gasteiger partial charge < -0.3 is 5.11 Å². The van der Waals surface area contributed by atoms with Gasteiger partial charge in [0.15, 0.2) is 0 Å². The van der Waals surface area contributed by atoms with Crippen LogP contribution in [0.3, 0.4) is 0 Å². The summed E-state index contributed by atoms with van der Waals surface area (Å²) in [6, 6.07) is 2.23. The number of aliphatic hydroxyl groups is 1. The van der Waals surface area contributed by atoms with Gasteiger partial charge in [-0.15, -0.1) is 11.3 Å². The molecule has 1 aromatic heterocycles. The molecule has 1 aromatic rings. The highest BCUT2D eigenvalue weighted by Gasteiger charge is 2.13. The van der Waals surface area contributed by atoms with E-state index >= 15 is 0 Å². The second kappa shape index (κ2) is 3.64. The first-order valence-corrected chi connectivity index (χ1v) is 5.53. The number of hydrogen-bond donors (Lipinski definition) is 1. The van der Waals surface area contributed by atoms with Gasteiger partial charge in [0.2, 0.25) is 0 Å². The molecule has 0 bridgehead atoms. The standard InChI is InChI=1S/C11H14OS/c1-8-4-10(7-13-8)5-9-2-3-11(12)6-9/h4,6-7,11-12H,2-3,5H2,1H3. The first-order valence-electron chi connectivity index (χ1n) is 4.65. The summed E-state index contributed by atoms with van der Waals surface area (Å²) in [5, 5.41) is 11.5. The van der Waals surface area contributed by atoms with Gasteiger partial charge in [-0.2, -0.15) is 0 Å². The summed E-state index contributed by atoms with van der Waals surface area (Å²) in [6.07, 6.45) is 4.83. The Morgan fingerprint density at radius 2 is 2.46 bits per heavy atom. The maximum atomic E-state index is 9.31. The monoisotopic (exact) mass is 194 g/mol. The highest BCUT2D eigenvalue weighted by molar-refractivity contribution is 7.10. The van der Waals surface area contributed by atoms with Gasteiger partial charge in [0, 0.05) is 4.88 Å². The minimum atomic E-state index is -0.185. The summed E-state index contributed by atoms with van der Waals surface area (Å²) in [7, 11) is 0. The van der Waals surface area contributed by atoms with Crippen LogP contribution < -0.4 is 0 Å². The molecule has 2 rings (SSSR count). The topological polar surface area (TPSA) is 20.2 Å². The number of aryl methyl sites for hydroxylation is 1. The molecule has 1 heterocycles. The van der Waals surface area contributed by atoms with E-state index in [1.807, 2.05) is 6.08 Å². The molecule has 1 aliphatic carbocycles. The Hall–Kier alpha value is -0.600. The molecule has 1 N–H and O–H groups in total. The Kier molecular flexibility index (Phi) is 2.51. The summed E-state index contributed by atoms with van der Waals surface area (Å²) in [5.74, 6) is 0. The molecule has 70 valence electrons. The van der Waals surface area contributed by atoms with Gasteiger partial charge in [-0.1, -0.05) is 11.6 Å². The Labute approximate surface area is 82.7 Å². The van der Waals surface area contributed by atoms with Gasteiger partial charge in [-0.25, -0.2) is 0 Å². The molecule has 0 aromatic carbocycles. The van der Waals surface area contributed by atoms with Gasteiger partial charge in [0.25, 0.3) is 0 Å². The van der Waals surface area contributed by atoms with Crippen molar-refractivity contribution in [1.82, 2.24) is 0 Å². The van der Waals surface area contributed by atoms with Crippen LogP contribution in [-0.2, 0) is 6.42 Å². The number of thiophene rings is 1. The SMILES string of the molecule is Cc1cc(CC2=CC(O)CC2)cs1. The summed E-state index contributed by atoms with van der Waals surface area (Å²) in [5.41, 5.74) is 2.79. The van der Waals surface area contributed by atoms with E-state index in [2.05, 4.69) is 18.4 Å². The molecule has 0 spiro atoms. The maximum Gasteiger partial charge on any atom is 0.0726 e. The van der Waals surface area contributed by atoms with Gasteiger partial charge in [0.05, 0.1) is 6.10 Å². The Morgan fingerprint density at radius 1 is 1.62 bits per heavy atom. The van der Waals surface area contributed by atoms with Crippen molar-refractivity contribution in [3.8, 4) is 0 Å². The van der Waals surface area contributed by atoms with Crippen LogP contribution in [0.1, 0.15) is 23.3 Å². The van der Waals surface area contributed by atoms with Gasteiger partial charge in [-0.05, 0) is 43.2 Å². The number of allylic oxidation sites excluding steroid dienone is 1. The third kappa shape index (κ3) is 2.20. The molecule has 1 nitrogen and oxygen atoms in total. The third-order valence-corrected chi connectivity index (χ3v) is 3.32. The Bertz CT molecular complexity index is 325. The molecule has 13 heavy (non-hydrogen) atoms. The van der Waals surface area contributed by atoms with Gasteiger partial charge >= 0.3 is 0 Å². The first-order chi connectivity index (χ1) is 6.24. The van der Waals surface area contributed by atoms with Gasteiger partial charge in [0.1, 0.15) is 0 Å². The van der Waals surface area contributed by atoms with Crippen LogP contribution in [0.25, 0.3) is 0 Å². The van der Waals surface area contributed by atoms with Crippen molar-refractivity contribution in [2.24, 2.45) is 0 Å². The third-order valence-electron chi connectivity index (χ3n) is 2.41. The van der Waals surface area contributed by atoms with Gasteiger partial charge in [-0.3, -0.25) is 0 Å². The van der Waals surface area contributed by atoms with E-state index < -0.39 is 0 Å². The zero-order valence-corrected chi connectivity index (χ0v) is 8.60. The zero-order valence-electron chi connectivity index (χ0n) is 7.79. The average molecular weight is 194 g/mol. The highest BCUT2D eigenvalue weighted by atomic mass is 32.1. The molecule has 0 saturated heterocycles. The van der Waals surface area contributed by atoms with Crippen LogP contribution in [0.4, 0.5) is 0 Å². The quantitative estimate of drug-likeness (QED) is 0.718. The number of rotatable bonds is 2. The molecule has 1 unspecified atom stereocenters. The number of aliphatic hydroxyl groups excluding tert-OH is 1. The molecule has 2 heteroatoms. The lowest BCUT2D eigenvalue weighted by Crippen LogP contribution is -1.93. The lowest BCUT2D eigenvalue weighted by molar-refractivity contribution is 0.223. The van der Waals surface area contributed by atoms with E-state index in [9.17, 15) is 5.11 Å². The summed E-state index contributed by atoms with van der Waals surface area (Å²) >= 11 is 1.80. The molecule has 1 aliphatic rings. The largest absolute Gasteiger partial charge is 0.389 e. The van der Waals surface area contributed by atoms with Crippen molar-refractivity contribution in [2.45, 2.75) is 32.3 Å². The minimum absolute atomic E-state index is 0.185. The van der Waals surface area contributed by atoms with Crippen LogP contribution in [0.2, 0.25) is 0 Å². The van der Waals surface area contributed by atoms with Crippen molar-refractivity contribution in [3.05, 3.63) is 33.5 Å². The van der Waals surface area contributed by atoms with Crippen molar-refractivity contribution in [1.29, 1.82) is 0 Å². The van der Waals surface area contributed by atoms with Crippen molar-refractivity contribution >= 4 is 11.3 Å². The lowest BCUT2D eigenvalue weighted by Gasteiger charge is -1.96. The molecule has 0 fully saturated rings. The average Bonchev–Trinajstić information content (AvgIpc) is 2.62. The molecule has 0 amide bonds. The predicted molar refractivity (Wildman–Crippen MR) is 56.1 cm³/mol. The smallest absolute Gasteiger partial charge is 0.0726 e. The fraction of sp³-hybridized carbons (Fsp3) is 0.455. The summed E-state index contributed by atoms with van der Waals surface area (Å²) in [6.45, 7) is 2.13. The van der Waals surface area contributed by atoms with Crippen LogP contribution in [0.15, 0.2) is 23.1 Å². The Morgan fingerprint density at radius 3 is 3.00 bits per heavy atom. The highest BCUT2D eigenvalue weighted by Crippen LogP contribution is 2.24. The van der Waals surface area contributed by atoms with Crippen LogP contribution in [-0.4, -0.2) is 11.2 Å². The molecule has 1 atom stereocenters. The summed E-state index contributed by atoms with van der Waals surface area (Å²) in [4.78, 5) is 1.37. The fourth-order valence-electron chi connectivity index (χ4n) is 1.77. The van der Waals surface area contributed by atoms with Crippen molar-refractivity contribution in [2.75, 3.05) is 0 Å². The van der Waals surface area contributed by atoms with Crippen molar-refractivity contribution < 1.29 is 5.11 Å². The molecule has 0 radical (unpaired) electrons. The fourth-order valence-corrected chi connectivity index (χ4v) is 2.48. The number of hydrogen-bond acceptors (Lipinski definition) is 2. The molecular formula is C11H14OS. The minimum Gasteiger partial charge on any atom is -0.389 e. The molecular weight excluding hydrogens is 180 g/mol. The van der Waals surface area contributed by atoms with E-state index in [4.69, 9.17) is 0 Å². The molecule has 0 aliphatic heterocycles. The first kappa shape index (κ1) is 8.97. The zero-order chi connectivity index (χ0) is 9.26. The second-order valence-electron chi connectivity index (χ2n) is 3.67. The molecule has 0 saturated carbocycles. The second-order valence-corrected chi connectivity index (χ2v) is 4.79. The van der Waals surface area contributed by atoms with E-state index in [1.165, 1.54) is 16.0 Å². The Balaban J connectivity index is 2.02. The van der Waals surface area contributed by atoms with E-state index in [1.54, 1.807) is 11.3 Å². The van der Waals surface area contributed by atoms with Crippen LogP contribution in [0, 0.1) is 6.92 Å². The summed E-state index contributed by atoms with van der Waals surface area (Å²) < 4.78 is 0. The van der Waals surface area contributed by atoms with E-state index in [-0.39, 0.29) is 6.10 Å².